The molecule has 0 aliphatic rings. The Hall–Kier alpha value is -0.710. The van der Waals surface area contributed by atoms with E-state index in [1.54, 1.807) is 7.11 Å². The second-order valence-electron chi connectivity index (χ2n) is 3.61. The molecule has 3 nitrogen and oxygen atoms in total. The zero-order chi connectivity index (χ0) is 11.8. The van der Waals surface area contributed by atoms with Gasteiger partial charge in [0.2, 0.25) is 0 Å². The highest BCUT2D eigenvalue weighted by Gasteiger charge is 2.05. The van der Waals surface area contributed by atoms with Crippen molar-refractivity contribution in [1.29, 1.82) is 0 Å². The lowest BCUT2D eigenvalue weighted by molar-refractivity contribution is 0.200. The first-order chi connectivity index (χ1) is 7.77. The fourth-order valence-corrected chi connectivity index (χ4v) is 2.72. The van der Waals surface area contributed by atoms with E-state index in [0.29, 0.717) is 24.7 Å². The van der Waals surface area contributed by atoms with E-state index in [2.05, 4.69) is 0 Å². The molecule has 0 radical (unpaired) electrons. The van der Waals surface area contributed by atoms with Gasteiger partial charge in [-0.05, 0) is 17.5 Å². The fraction of sp³-hybridized carbons (Fsp3) is 0.500. The monoisotopic (exact) mass is 241 g/mol. The minimum atomic E-state index is -0.820. The molecule has 0 bridgehead atoms. The Labute approximate surface area is 99.4 Å². The summed E-state index contributed by atoms with van der Waals surface area (Å²) < 4.78 is 16.7. The van der Waals surface area contributed by atoms with Crippen molar-refractivity contribution in [3.05, 3.63) is 35.4 Å². The molecule has 1 aromatic rings. The molecular formula is C12H19NO2S. The van der Waals surface area contributed by atoms with Crippen LogP contribution < -0.4 is 5.73 Å². The molecule has 16 heavy (non-hydrogen) atoms. The van der Waals surface area contributed by atoms with Gasteiger partial charge in [0.25, 0.3) is 0 Å². The third-order valence-electron chi connectivity index (χ3n) is 2.38. The second-order valence-corrected chi connectivity index (χ2v) is 5.18. The van der Waals surface area contributed by atoms with Crippen LogP contribution in [-0.4, -0.2) is 23.7 Å². The number of benzene rings is 1. The van der Waals surface area contributed by atoms with Crippen molar-refractivity contribution in [3.8, 4) is 0 Å². The molecule has 90 valence electrons. The van der Waals surface area contributed by atoms with E-state index in [1.807, 2.05) is 24.3 Å². The predicted molar refractivity (Wildman–Crippen MR) is 67.5 cm³/mol. The van der Waals surface area contributed by atoms with Crippen LogP contribution in [0, 0.1) is 0 Å². The third kappa shape index (κ3) is 4.43. The normalized spacial score (nSPS) is 12.6. The topological polar surface area (TPSA) is 52.3 Å². The third-order valence-corrected chi connectivity index (χ3v) is 3.75. The summed E-state index contributed by atoms with van der Waals surface area (Å²) >= 11 is 0. The van der Waals surface area contributed by atoms with E-state index in [9.17, 15) is 4.21 Å². The Bertz CT molecular complexity index is 342. The largest absolute Gasteiger partial charge is 0.385 e. The standard InChI is InChI=1S/C12H19NO2S/c1-15-7-4-8-16(14)10-12-6-3-2-5-11(12)9-13/h2-3,5-6H,4,7-10,13H2,1H3. The number of nitrogens with two attached hydrogens (primary N) is 1. The number of methoxy groups -OCH3 is 1. The van der Waals surface area contributed by atoms with Crippen LogP contribution >= 0.6 is 0 Å². The van der Waals surface area contributed by atoms with Crippen molar-refractivity contribution in [3.63, 3.8) is 0 Å². The zero-order valence-corrected chi connectivity index (χ0v) is 10.5. The summed E-state index contributed by atoms with van der Waals surface area (Å²) in [5, 5.41) is 0. The van der Waals surface area contributed by atoms with Crippen molar-refractivity contribution in [1.82, 2.24) is 0 Å². The van der Waals surface area contributed by atoms with Crippen LogP contribution in [0.25, 0.3) is 0 Å². The zero-order valence-electron chi connectivity index (χ0n) is 9.65. The molecule has 1 atom stereocenters. The van der Waals surface area contributed by atoms with E-state index in [4.69, 9.17) is 10.5 Å². The molecule has 1 rings (SSSR count). The van der Waals surface area contributed by atoms with Gasteiger partial charge < -0.3 is 10.5 Å². The first-order valence-corrected chi connectivity index (χ1v) is 6.87. The van der Waals surface area contributed by atoms with Gasteiger partial charge in [-0.15, -0.1) is 0 Å². The Morgan fingerprint density at radius 3 is 2.62 bits per heavy atom. The van der Waals surface area contributed by atoms with Crippen LogP contribution in [0.3, 0.4) is 0 Å². The average molecular weight is 241 g/mol. The summed E-state index contributed by atoms with van der Waals surface area (Å²) in [6, 6.07) is 7.90. The Morgan fingerprint density at radius 2 is 2.00 bits per heavy atom. The highest BCUT2D eigenvalue weighted by Crippen LogP contribution is 2.11. The quantitative estimate of drug-likeness (QED) is 0.735. The SMILES string of the molecule is COCCCS(=O)Cc1ccccc1CN. The molecule has 0 heterocycles. The smallest absolute Gasteiger partial charge is 0.0488 e. The first-order valence-electron chi connectivity index (χ1n) is 5.38. The molecule has 1 unspecified atom stereocenters. The van der Waals surface area contributed by atoms with Gasteiger partial charge in [-0.25, -0.2) is 0 Å². The summed E-state index contributed by atoms with van der Waals surface area (Å²) in [5.41, 5.74) is 7.81. The Morgan fingerprint density at radius 1 is 1.31 bits per heavy atom. The molecule has 0 fully saturated rings. The molecule has 2 N–H and O–H groups in total. The molecule has 4 heteroatoms. The summed E-state index contributed by atoms with van der Waals surface area (Å²) in [5.74, 6) is 1.28. The van der Waals surface area contributed by atoms with E-state index >= 15 is 0 Å². The Balaban J connectivity index is 2.49. The van der Waals surface area contributed by atoms with Gasteiger partial charge in [0.05, 0.1) is 0 Å². The number of ether oxygens (including phenoxy) is 1. The van der Waals surface area contributed by atoms with Crippen molar-refractivity contribution < 1.29 is 8.95 Å². The second kappa shape index (κ2) is 7.54. The van der Waals surface area contributed by atoms with Crippen LogP contribution in [-0.2, 0) is 27.8 Å². The first kappa shape index (κ1) is 13.4. The van der Waals surface area contributed by atoms with Gasteiger partial charge in [0, 0.05) is 42.6 Å². The molecule has 0 aliphatic carbocycles. The molecule has 0 amide bonds. The average Bonchev–Trinajstić information content (AvgIpc) is 2.30. The minimum Gasteiger partial charge on any atom is -0.385 e. The summed E-state index contributed by atoms with van der Waals surface area (Å²) in [6.07, 6.45) is 0.841. The van der Waals surface area contributed by atoms with E-state index in [-0.39, 0.29) is 0 Å². The van der Waals surface area contributed by atoms with Crippen LogP contribution in [0.1, 0.15) is 17.5 Å². The lowest BCUT2D eigenvalue weighted by Gasteiger charge is -2.07. The summed E-state index contributed by atoms with van der Waals surface area (Å²) in [4.78, 5) is 0. The highest BCUT2D eigenvalue weighted by atomic mass is 32.2. The van der Waals surface area contributed by atoms with Gasteiger partial charge in [-0.3, -0.25) is 4.21 Å². The van der Waals surface area contributed by atoms with Gasteiger partial charge in [0.15, 0.2) is 0 Å². The van der Waals surface area contributed by atoms with Gasteiger partial charge in [-0.2, -0.15) is 0 Å². The minimum absolute atomic E-state index is 0.505. The van der Waals surface area contributed by atoms with Crippen molar-refractivity contribution in [2.75, 3.05) is 19.5 Å². The van der Waals surface area contributed by atoms with Crippen LogP contribution in [0.2, 0.25) is 0 Å². The number of rotatable bonds is 7. The fourth-order valence-electron chi connectivity index (χ4n) is 1.51. The van der Waals surface area contributed by atoms with Gasteiger partial charge >= 0.3 is 0 Å². The number of hydrogen-bond donors (Lipinski definition) is 1. The Kier molecular flexibility index (Phi) is 6.30. The molecular weight excluding hydrogens is 222 g/mol. The number of hydrogen-bond acceptors (Lipinski definition) is 3. The van der Waals surface area contributed by atoms with E-state index in [1.165, 1.54) is 0 Å². The van der Waals surface area contributed by atoms with E-state index in [0.717, 1.165) is 17.5 Å². The predicted octanol–water partition coefficient (Wildman–Crippen LogP) is 1.43. The van der Waals surface area contributed by atoms with Gasteiger partial charge in [0.1, 0.15) is 0 Å². The maximum absolute atomic E-state index is 11.8. The van der Waals surface area contributed by atoms with Crippen molar-refractivity contribution in [2.24, 2.45) is 5.73 Å². The summed E-state index contributed by atoms with van der Waals surface area (Å²) in [6.45, 7) is 1.18. The lowest BCUT2D eigenvalue weighted by Crippen LogP contribution is -2.07. The molecule has 0 saturated carbocycles. The van der Waals surface area contributed by atoms with Crippen LogP contribution in [0.5, 0.6) is 0 Å². The van der Waals surface area contributed by atoms with Gasteiger partial charge in [-0.1, -0.05) is 24.3 Å². The molecule has 0 saturated heterocycles. The van der Waals surface area contributed by atoms with Crippen LogP contribution in [0.4, 0.5) is 0 Å². The molecule has 0 aliphatic heterocycles. The van der Waals surface area contributed by atoms with Crippen molar-refractivity contribution in [2.45, 2.75) is 18.7 Å². The summed E-state index contributed by atoms with van der Waals surface area (Å²) in [7, 11) is 0.839. The van der Waals surface area contributed by atoms with E-state index < -0.39 is 10.8 Å². The highest BCUT2D eigenvalue weighted by molar-refractivity contribution is 7.84. The molecule has 1 aromatic carbocycles. The maximum atomic E-state index is 11.8. The lowest BCUT2D eigenvalue weighted by atomic mass is 10.1. The van der Waals surface area contributed by atoms with Crippen molar-refractivity contribution >= 4 is 10.8 Å². The maximum Gasteiger partial charge on any atom is 0.0488 e. The molecule has 0 aromatic heterocycles. The molecule has 0 spiro atoms. The van der Waals surface area contributed by atoms with Crippen LogP contribution in [0.15, 0.2) is 24.3 Å².